The summed E-state index contributed by atoms with van der Waals surface area (Å²) < 4.78 is 4.53. The van der Waals surface area contributed by atoms with Crippen molar-refractivity contribution in [3.63, 3.8) is 0 Å². The molecule has 0 aliphatic carbocycles. The summed E-state index contributed by atoms with van der Waals surface area (Å²) >= 11 is 0. The van der Waals surface area contributed by atoms with E-state index in [0.717, 1.165) is 0 Å². The minimum Gasteiger partial charge on any atom is -1.00 e. The van der Waals surface area contributed by atoms with E-state index in [2.05, 4.69) is 4.65 Å². The summed E-state index contributed by atoms with van der Waals surface area (Å²) in [7, 11) is -1.73. The van der Waals surface area contributed by atoms with E-state index in [4.69, 9.17) is 10.0 Å². The Labute approximate surface area is 138 Å². The van der Waals surface area contributed by atoms with E-state index in [0.29, 0.717) is 5.75 Å². The van der Waals surface area contributed by atoms with Crippen molar-refractivity contribution in [2.75, 3.05) is 0 Å². The molecule has 8 heteroatoms. The van der Waals surface area contributed by atoms with Crippen molar-refractivity contribution in [2.45, 2.75) is 0 Å². The molecular formula is C6H11BLi4O3. The summed E-state index contributed by atoms with van der Waals surface area (Å²) in [5, 5.41) is 16.7. The third-order valence-electron chi connectivity index (χ3n) is 0.985. The molecule has 0 aliphatic heterocycles. The molecule has 1 rings (SSSR count). The van der Waals surface area contributed by atoms with Crippen LogP contribution in [0.5, 0.6) is 5.75 Å². The van der Waals surface area contributed by atoms with Gasteiger partial charge in [-0.2, -0.15) is 0 Å². The smallest absolute Gasteiger partial charge is 1.00 e. The van der Waals surface area contributed by atoms with Gasteiger partial charge in [0.2, 0.25) is 0 Å². The van der Waals surface area contributed by atoms with Crippen molar-refractivity contribution in [3.8, 4) is 5.75 Å². The SMILES string of the molecule is OB(O)Oc1ccccc1.[H-].[H-].[H-].[H-].[Li+].[Li+].[Li+].[Li+]. The number of hydrogen-bond acceptors (Lipinski definition) is 3. The monoisotopic (exact) mass is 170 g/mol. The molecule has 60 valence electrons. The first-order valence-electron chi connectivity index (χ1n) is 2.87. The van der Waals surface area contributed by atoms with Gasteiger partial charge in [-0.25, -0.2) is 0 Å². The number of benzene rings is 1. The summed E-state index contributed by atoms with van der Waals surface area (Å²) in [4.78, 5) is 0. The van der Waals surface area contributed by atoms with Gasteiger partial charge >= 0.3 is 82.8 Å². The molecular weight excluding hydrogens is 159 g/mol. The van der Waals surface area contributed by atoms with E-state index in [9.17, 15) is 0 Å². The molecule has 0 bridgehead atoms. The maximum Gasteiger partial charge on any atom is 1.00 e. The van der Waals surface area contributed by atoms with Crippen molar-refractivity contribution < 1.29 is 95.9 Å². The molecule has 2 N–H and O–H groups in total. The molecule has 0 aliphatic rings. The van der Waals surface area contributed by atoms with Gasteiger partial charge in [-0.3, -0.25) is 0 Å². The standard InChI is InChI=1S/C6H7BO3.4Li.4H/c8-7(9)10-6-4-2-1-3-5-6;;;;;;;;/h1-5,8-9H;;;;;;;;/q;4*+1;4*-1. The van der Waals surface area contributed by atoms with Crippen LogP contribution < -0.4 is 80.1 Å². The molecule has 0 fully saturated rings. The minimum absolute atomic E-state index is 0. The van der Waals surface area contributed by atoms with Crippen LogP contribution >= 0.6 is 0 Å². The van der Waals surface area contributed by atoms with Gasteiger partial charge in [-0.1, -0.05) is 18.2 Å². The molecule has 14 heavy (non-hydrogen) atoms. The fourth-order valence-corrected chi connectivity index (χ4v) is 0.621. The molecule has 0 atom stereocenters. The van der Waals surface area contributed by atoms with Gasteiger partial charge in [0.1, 0.15) is 5.75 Å². The van der Waals surface area contributed by atoms with Gasteiger partial charge in [0.15, 0.2) is 0 Å². The molecule has 0 saturated heterocycles. The van der Waals surface area contributed by atoms with Gasteiger partial charge in [-0.15, -0.1) is 0 Å². The number of hydrogen-bond donors (Lipinski definition) is 2. The van der Waals surface area contributed by atoms with E-state index >= 15 is 0 Å². The number of rotatable bonds is 2. The molecule has 0 radical (unpaired) electrons. The third kappa shape index (κ3) is 11.5. The van der Waals surface area contributed by atoms with Gasteiger partial charge in [0.25, 0.3) is 0 Å². The first-order valence-corrected chi connectivity index (χ1v) is 2.87. The molecule has 0 spiro atoms. The van der Waals surface area contributed by atoms with Crippen molar-refractivity contribution >= 4 is 7.32 Å². The van der Waals surface area contributed by atoms with E-state index in [-0.39, 0.29) is 81.1 Å². The Morgan fingerprint density at radius 3 is 1.71 bits per heavy atom. The normalized spacial score (nSPS) is 6.43. The van der Waals surface area contributed by atoms with Crippen LogP contribution in [0.3, 0.4) is 0 Å². The van der Waals surface area contributed by atoms with Gasteiger partial charge in [-0.05, 0) is 12.1 Å². The largest absolute Gasteiger partial charge is 1.00 e. The zero-order valence-corrected chi connectivity index (χ0v) is 9.27. The molecule has 3 nitrogen and oxygen atoms in total. The second-order valence-electron chi connectivity index (χ2n) is 1.76. The number of para-hydroxylation sites is 1. The van der Waals surface area contributed by atoms with E-state index in [1.54, 1.807) is 24.3 Å². The molecule has 0 amide bonds. The maximum absolute atomic E-state index is 8.34. The van der Waals surface area contributed by atoms with Crippen LogP contribution in [0.1, 0.15) is 5.71 Å². The second-order valence-corrected chi connectivity index (χ2v) is 1.76. The predicted molar refractivity (Wildman–Crippen MR) is 41.7 cm³/mol. The second kappa shape index (κ2) is 14.4. The topological polar surface area (TPSA) is 49.7 Å². The quantitative estimate of drug-likeness (QED) is 0.433. The molecule has 0 aromatic heterocycles. The summed E-state index contributed by atoms with van der Waals surface area (Å²) in [6, 6.07) is 8.59. The van der Waals surface area contributed by atoms with Crippen LogP contribution in [0.4, 0.5) is 0 Å². The fourth-order valence-electron chi connectivity index (χ4n) is 0.621. The summed E-state index contributed by atoms with van der Waals surface area (Å²) in [5.74, 6) is 0.442. The summed E-state index contributed by atoms with van der Waals surface area (Å²) in [5.41, 5.74) is 0. The van der Waals surface area contributed by atoms with E-state index in [1.165, 1.54) is 0 Å². The fraction of sp³-hybridized carbons (Fsp3) is 0. The van der Waals surface area contributed by atoms with Crippen molar-refractivity contribution in [1.82, 2.24) is 0 Å². The Kier molecular flexibility index (Phi) is 25.3. The Morgan fingerprint density at radius 1 is 0.929 bits per heavy atom. The van der Waals surface area contributed by atoms with Crippen LogP contribution in [0.25, 0.3) is 0 Å². The van der Waals surface area contributed by atoms with Crippen LogP contribution in [0.15, 0.2) is 30.3 Å². The average Bonchev–Trinajstić information content (AvgIpc) is 1.88. The van der Waals surface area contributed by atoms with Crippen molar-refractivity contribution in [2.24, 2.45) is 0 Å². The van der Waals surface area contributed by atoms with Crippen LogP contribution in [-0.2, 0) is 0 Å². The molecule has 0 saturated carbocycles. The van der Waals surface area contributed by atoms with E-state index < -0.39 is 7.32 Å². The van der Waals surface area contributed by atoms with Crippen molar-refractivity contribution in [3.05, 3.63) is 30.3 Å². The van der Waals surface area contributed by atoms with E-state index in [1.807, 2.05) is 6.07 Å². The molecule has 1 aromatic rings. The molecule has 0 heterocycles. The van der Waals surface area contributed by atoms with Gasteiger partial charge < -0.3 is 20.4 Å². The zero-order valence-electron chi connectivity index (χ0n) is 13.3. The van der Waals surface area contributed by atoms with Gasteiger partial charge in [0, 0.05) is 0 Å². The van der Waals surface area contributed by atoms with Crippen LogP contribution in [0, 0.1) is 0 Å². The minimum atomic E-state index is -1.73. The molecule has 0 unspecified atom stereocenters. The maximum atomic E-state index is 8.34. The average molecular weight is 170 g/mol. The zero-order chi connectivity index (χ0) is 7.40. The first-order chi connectivity index (χ1) is 4.79. The summed E-state index contributed by atoms with van der Waals surface area (Å²) in [6.07, 6.45) is 0. The Morgan fingerprint density at radius 2 is 1.36 bits per heavy atom. The Balaban J connectivity index is -0.0000000208. The predicted octanol–water partition coefficient (Wildman–Crippen LogP) is -11.5. The van der Waals surface area contributed by atoms with Crippen LogP contribution in [0.2, 0.25) is 0 Å². The molecule has 1 aromatic carbocycles. The van der Waals surface area contributed by atoms with Crippen molar-refractivity contribution in [1.29, 1.82) is 0 Å². The van der Waals surface area contributed by atoms with Gasteiger partial charge in [0.05, 0.1) is 0 Å². The van der Waals surface area contributed by atoms with Crippen LogP contribution in [-0.4, -0.2) is 17.4 Å². The Bertz CT molecular complexity index is 213. The summed E-state index contributed by atoms with van der Waals surface area (Å²) in [6.45, 7) is 0. The Hall–Kier alpha value is 1.39. The third-order valence-corrected chi connectivity index (χ3v) is 0.985. The first kappa shape index (κ1) is 24.6.